The molecular formula is C16H21N5O4. The van der Waals surface area contributed by atoms with E-state index in [1.807, 2.05) is 6.92 Å². The molecule has 0 saturated carbocycles. The van der Waals surface area contributed by atoms with Crippen molar-refractivity contribution in [3.63, 3.8) is 0 Å². The Kier molecular flexibility index (Phi) is 6.33. The first kappa shape index (κ1) is 18.2. The number of hydrogen-bond acceptors (Lipinski definition) is 8. The summed E-state index contributed by atoms with van der Waals surface area (Å²) in [6, 6.07) is 3.55. The number of ether oxygens (including phenoxy) is 3. The van der Waals surface area contributed by atoms with Crippen molar-refractivity contribution in [2.75, 3.05) is 26.3 Å². The summed E-state index contributed by atoms with van der Waals surface area (Å²) in [6.07, 6.45) is 2.42. The minimum absolute atomic E-state index is 0.279. The van der Waals surface area contributed by atoms with Crippen molar-refractivity contribution in [1.29, 1.82) is 0 Å². The Hall–Kier alpha value is -3.10. The molecule has 2 N–H and O–H groups in total. The van der Waals surface area contributed by atoms with E-state index in [1.165, 1.54) is 0 Å². The van der Waals surface area contributed by atoms with Crippen molar-refractivity contribution >= 4 is 12.0 Å². The van der Waals surface area contributed by atoms with Crippen LogP contribution in [0.3, 0.4) is 0 Å². The van der Waals surface area contributed by atoms with Crippen LogP contribution in [0.25, 0.3) is 0 Å². The standard InChI is InChI=1S/C16H21N5O4/c1-5-6-25-14-12(23-3)7-11(8-13(14)24-4)9-17-20-15-10(2)19-21-16(22)18-15/h7-9H,5-6H2,1-4H3,(H2,18,20,21,22)/b17-9+. The van der Waals surface area contributed by atoms with Gasteiger partial charge in [-0.1, -0.05) is 6.92 Å². The van der Waals surface area contributed by atoms with Gasteiger partial charge in [0.05, 0.1) is 27.0 Å². The molecule has 1 aromatic heterocycles. The minimum Gasteiger partial charge on any atom is -0.493 e. The Bertz CT molecular complexity index is 778. The first-order valence-electron chi connectivity index (χ1n) is 7.70. The van der Waals surface area contributed by atoms with Crippen LogP contribution in [-0.4, -0.2) is 42.2 Å². The summed E-state index contributed by atoms with van der Waals surface area (Å²) in [7, 11) is 3.11. The van der Waals surface area contributed by atoms with Gasteiger partial charge in [0.1, 0.15) is 5.69 Å². The van der Waals surface area contributed by atoms with E-state index in [0.29, 0.717) is 29.5 Å². The maximum absolute atomic E-state index is 11.2. The van der Waals surface area contributed by atoms with Crippen LogP contribution in [0.2, 0.25) is 0 Å². The number of aryl methyl sites for hydroxylation is 1. The molecule has 0 fully saturated rings. The largest absolute Gasteiger partial charge is 0.493 e. The Balaban J connectivity index is 2.24. The van der Waals surface area contributed by atoms with Crippen molar-refractivity contribution in [3.05, 3.63) is 33.9 Å². The molecule has 1 aromatic carbocycles. The third-order valence-electron chi connectivity index (χ3n) is 3.19. The zero-order valence-corrected chi connectivity index (χ0v) is 14.6. The molecule has 0 saturated heterocycles. The molecule has 0 bridgehead atoms. The number of methoxy groups -OCH3 is 2. The fraction of sp³-hybridized carbons (Fsp3) is 0.375. The number of H-pyrrole nitrogens is 1. The fourth-order valence-electron chi connectivity index (χ4n) is 1.99. The lowest BCUT2D eigenvalue weighted by Crippen LogP contribution is -2.15. The van der Waals surface area contributed by atoms with Crippen LogP contribution in [0.1, 0.15) is 24.6 Å². The molecule has 9 nitrogen and oxygen atoms in total. The number of hydrazone groups is 1. The lowest BCUT2D eigenvalue weighted by Gasteiger charge is -2.14. The molecule has 1 heterocycles. The molecule has 9 heteroatoms. The van der Waals surface area contributed by atoms with Crippen LogP contribution < -0.4 is 25.3 Å². The van der Waals surface area contributed by atoms with E-state index in [0.717, 1.165) is 12.0 Å². The number of benzene rings is 1. The highest BCUT2D eigenvalue weighted by Gasteiger charge is 2.13. The highest BCUT2D eigenvalue weighted by atomic mass is 16.5. The highest BCUT2D eigenvalue weighted by Crippen LogP contribution is 2.38. The van der Waals surface area contributed by atoms with E-state index >= 15 is 0 Å². The maximum Gasteiger partial charge on any atom is 0.363 e. The van der Waals surface area contributed by atoms with Gasteiger partial charge < -0.3 is 14.2 Å². The first-order chi connectivity index (χ1) is 12.1. The molecule has 2 aromatic rings. The fourth-order valence-corrected chi connectivity index (χ4v) is 1.99. The van der Waals surface area contributed by atoms with Gasteiger partial charge in [-0.25, -0.2) is 9.89 Å². The molecular weight excluding hydrogens is 326 g/mol. The number of aromatic nitrogens is 3. The summed E-state index contributed by atoms with van der Waals surface area (Å²) in [4.78, 5) is 14.9. The molecule has 0 amide bonds. The molecule has 0 unspecified atom stereocenters. The number of hydrogen-bond donors (Lipinski definition) is 2. The van der Waals surface area contributed by atoms with Gasteiger partial charge in [-0.15, -0.1) is 0 Å². The normalized spacial score (nSPS) is 10.7. The van der Waals surface area contributed by atoms with Crippen molar-refractivity contribution in [2.45, 2.75) is 20.3 Å². The number of rotatable bonds is 8. The molecule has 0 radical (unpaired) electrons. The van der Waals surface area contributed by atoms with E-state index in [2.05, 4.69) is 25.7 Å². The zero-order valence-electron chi connectivity index (χ0n) is 14.6. The topological polar surface area (TPSA) is 111 Å². The first-order valence-corrected chi connectivity index (χ1v) is 7.70. The third kappa shape index (κ3) is 4.69. The highest BCUT2D eigenvalue weighted by molar-refractivity contribution is 5.83. The van der Waals surface area contributed by atoms with Gasteiger partial charge in [-0.3, -0.25) is 5.43 Å². The minimum atomic E-state index is -0.552. The van der Waals surface area contributed by atoms with E-state index < -0.39 is 5.69 Å². The lowest BCUT2D eigenvalue weighted by atomic mass is 10.2. The van der Waals surface area contributed by atoms with Gasteiger partial charge >= 0.3 is 5.69 Å². The average molecular weight is 347 g/mol. The van der Waals surface area contributed by atoms with Crippen LogP contribution in [0, 0.1) is 6.92 Å². The summed E-state index contributed by atoms with van der Waals surface area (Å²) in [5.74, 6) is 1.91. The average Bonchev–Trinajstić information content (AvgIpc) is 2.62. The van der Waals surface area contributed by atoms with Crippen molar-refractivity contribution < 1.29 is 14.2 Å². The monoisotopic (exact) mass is 347 g/mol. The number of aromatic amines is 1. The predicted molar refractivity (Wildman–Crippen MR) is 93.9 cm³/mol. The molecule has 25 heavy (non-hydrogen) atoms. The Morgan fingerprint density at radius 2 is 1.96 bits per heavy atom. The second kappa shape index (κ2) is 8.67. The number of nitrogens with one attached hydrogen (secondary N) is 2. The second-order valence-corrected chi connectivity index (χ2v) is 5.05. The van der Waals surface area contributed by atoms with Gasteiger partial charge in [0, 0.05) is 5.56 Å². The summed E-state index contributed by atoms with van der Waals surface area (Å²) in [6.45, 7) is 4.28. The van der Waals surface area contributed by atoms with E-state index in [4.69, 9.17) is 14.2 Å². The molecule has 0 aliphatic rings. The SMILES string of the molecule is CCCOc1c(OC)cc(/C=N/Nc2nc(=O)[nH]nc2C)cc1OC. The van der Waals surface area contributed by atoms with E-state index in [1.54, 1.807) is 39.5 Å². The van der Waals surface area contributed by atoms with Gasteiger partial charge in [0.15, 0.2) is 17.3 Å². The predicted octanol–water partition coefficient (Wildman–Crippen LogP) is 1.73. The Labute approximate surface area is 145 Å². The van der Waals surface area contributed by atoms with Crippen molar-refractivity contribution in [2.24, 2.45) is 5.10 Å². The Morgan fingerprint density at radius 1 is 1.28 bits per heavy atom. The quantitative estimate of drug-likeness (QED) is 0.552. The van der Waals surface area contributed by atoms with Gasteiger partial charge in [-0.2, -0.15) is 15.2 Å². The smallest absolute Gasteiger partial charge is 0.363 e. The van der Waals surface area contributed by atoms with Crippen molar-refractivity contribution in [1.82, 2.24) is 15.2 Å². The summed E-state index contributed by atoms with van der Waals surface area (Å²) in [5.41, 5.74) is 3.38. The summed E-state index contributed by atoms with van der Waals surface area (Å²) >= 11 is 0. The van der Waals surface area contributed by atoms with E-state index in [-0.39, 0.29) is 5.82 Å². The third-order valence-corrected chi connectivity index (χ3v) is 3.19. The van der Waals surface area contributed by atoms with Crippen LogP contribution >= 0.6 is 0 Å². The van der Waals surface area contributed by atoms with E-state index in [9.17, 15) is 4.79 Å². The number of nitrogens with zero attached hydrogens (tertiary/aromatic N) is 3. The van der Waals surface area contributed by atoms with Crippen molar-refractivity contribution in [3.8, 4) is 17.2 Å². The molecule has 2 rings (SSSR count). The van der Waals surface area contributed by atoms with Crippen LogP contribution in [-0.2, 0) is 0 Å². The molecule has 134 valence electrons. The molecule has 0 spiro atoms. The van der Waals surface area contributed by atoms with Crippen LogP contribution in [0.5, 0.6) is 17.2 Å². The molecule has 0 atom stereocenters. The van der Waals surface area contributed by atoms with Crippen LogP contribution in [0.4, 0.5) is 5.82 Å². The second-order valence-electron chi connectivity index (χ2n) is 5.05. The maximum atomic E-state index is 11.2. The van der Waals surface area contributed by atoms with Gasteiger partial charge in [0.25, 0.3) is 0 Å². The van der Waals surface area contributed by atoms with Gasteiger partial charge in [0.2, 0.25) is 5.75 Å². The molecule has 0 aliphatic heterocycles. The lowest BCUT2D eigenvalue weighted by molar-refractivity contribution is 0.275. The summed E-state index contributed by atoms with van der Waals surface area (Å²) in [5, 5.41) is 10.1. The number of anilines is 1. The van der Waals surface area contributed by atoms with Gasteiger partial charge in [-0.05, 0) is 25.5 Å². The molecule has 0 aliphatic carbocycles. The summed E-state index contributed by atoms with van der Waals surface area (Å²) < 4.78 is 16.4. The zero-order chi connectivity index (χ0) is 18.2. The van der Waals surface area contributed by atoms with Crippen LogP contribution in [0.15, 0.2) is 22.0 Å². The Morgan fingerprint density at radius 3 is 2.56 bits per heavy atom.